The van der Waals surface area contributed by atoms with E-state index in [2.05, 4.69) is 5.32 Å². The largest absolute Gasteiger partial charge is 0.550 e. The van der Waals surface area contributed by atoms with Crippen LogP contribution < -0.4 is 10.4 Å². The highest BCUT2D eigenvalue weighted by molar-refractivity contribution is 5.95. The molecule has 1 aliphatic rings. The minimum absolute atomic E-state index is 0.0951. The highest BCUT2D eigenvalue weighted by atomic mass is 19.1. The Morgan fingerprint density at radius 2 is 1.90 bits per heavy atom. The molecule has 0 heterocycles. The minimum atomic E-state index is -1.20. The fraction of sp³-hybridized carbons (Fsp3) is 0.467. The van der Waals surface area contributed by atoms with Crippen LogP contribution in [0.1, 0.15) is 31.2 Å². The lowest BCUT2D eigenvalue weighted by Crippen LogP contribution is -2.42. The fourth-order valence-electron chi connectivity index (χ4n) is 2.69. The molecular formula is C15H17FNO3-. The number of carboxylic acids is 1. The van der Waals surface area contributed by atoms with Crippen LogP contribution in [-0.2, 0) is 9.59 Å². The van der Waals surface area contributed by atoms with Gasteiger partial charge < -0.3 is 15.2 Å². The lowest BCUT2D eigenvalue weighted by Gasteiger charge is -2.31. The van der Waals surface area contributed by atoms with E-state index < -0.39 is 29.5 Å². The molecule has 1 N–H and O–H groups in total. The van der Waals surface area contributed by atoms with Crippen LogP contribution in [0.15, 0.2) is 18.2 Å². The van der Waals surface area contributed by atoms with Crippen molar-refractivity contribution in [3.63, 3.8) is 0 Å². The van der Waals surface area contributed by atoms with Crippen molar-refractivity contribution in [2.45, 2.75) is 32.6 Å². The van der Waals surface area contributed by atoms with Crippen molar-refractivity contribution < 1.29 is 19.1 Å². The van der Waals surface area contributed by atoms with Gasteiger partial charge in [-0.25, -0.2) is 4.39 Å². The molecule has 0 saturated heterocycles. The van der Waals surface area contributed by atoms with E-state index in [9.17, 15) is 19.1 Å². The number of benzene rings is 1. The lowest BCUT2D eigenvalue weighted by molar-refractivity contribution is -0.313. The summed E-state index contributed by atoms with van der Waals surface area (Å²) >= 11 is 0. The van der Waals surface area contributed by atoms with Crippen LogP contribution in [-0.4, -0.2) is 11.9 Å². The average molecular weight is 278 g/mol. The van der Waals surface area contributed by atoms with Gasteiger partial charge in [0.05, 0.1) is 5.69 Å². The molecule has 0 spiro atoms. The summed E-state index contributed by atoms with van der Waals surface area (Å²) in [4.78, 5) is 23.3. The van der Waals surface area contributed by atoms with Gasteiger partial charge in [-0.1, -0.05) is 18.9 Å². The topological polar surface area (TPSA) is 69.2 Å². The van der Waals surface area contributed by atoms with Gasteiger partial charge >= 0.3 is 0 Å². The van der Waals surface area contributed by atoms with Gasteiger partial charge in [-0.15, -0.1) is 0 Å². The van der Waals surface area contributed by atoms with E-state index in [0.29, 0.717) is 12.8 Å². The number of rotatable bonds is 3. The van der Waals surface area contributed by atoms with Crippen molar-refractivity contribution in [3.05, 3.63) is 29.6 Å². The molecule has 1 aromatic carbocycles. The number of anilines is 1. The number of hydrogen-bond acceptors (Lipinski definition) is 3. The van der Waals surface area contributed by atoms with Crippen LogP contribution in [0.25, 0.3) is 0 Å². The summed E-state index contributed by atoms with van der Waals surface area (Å²) in [6, 6.07) is 4.42. The monoisotopic (exact) mass is 278 g/mol. The summed E-state index contributed by atoms with van der Waals surface area (Å²) in [5.74, 6) is -3.59. The van der Waals surface area contributed by atoms with Gasteiger partial charge in [0, 0.05) is 17.8 Å². The molecule has 2 rings (SSSR count). The van der Waals surface area contributed by atoms with E-state index in [1.165, 1.54) is 12.1 Å². The molecule has 5 heteroatoms. The molecule has 0 radical (unpaired) electrons. The molecule has 1 amide bonds. The normalized spacial score (nSPS) is 22.3. The molecule has 0 unspecified atom stereocenters. The molecule has 1 aliphatic carbocycles. The average Bonchev–Trinajstić information content (AvgIpc) is 2.42. The number of aryl methyl sites for hydroxylation is 1. The SMILES string of the molecule is Cc1ccc(F)c(NC(=O)[C@H]2CCCC[C@H]2C(=O)[O-])c1. The second-order valence-corrected chi connectivity index (χ2v) is 5.29. The fourth-order valence-corrected chi connectivity index (χ4v) is 2.69. The Balaban J connectivity index is 2.14. The van der Waals surface area contributed by atoms with E-state index in [0.717, 1.165) is 18.4 Å². The molecule has 4 nitrogen and oxygen atoms in total. The van der Waals surface area contributed by atoms with Gasteiger partial charge in [-0.3, -0.25) is 4.79 Å². The van der Waals surface area contributed by atoms with Gasteiger partial charge in [-0.2, -0.15) is 0 Å². The second-order valence-electron chi connectivity index (χ2n) is 5.29. The van der Waals surface area contributed by atoms with Gasteiger partial charge in [0.25, 0.3) is 0 Å². The maximum absolute atomic E-state index is 13.6. The summed E-state index contributed by atoms with van der Waals surface area (Å²) in [6.07, 6.45) is 2.52. The maximum Gasteiger partial charge on any atom is 0.228 e. The third kappa shape index (κ3) is 3.15. The van der Waals surface area contributed by atoms with Crippen LogP contribution in [0.2, 0.25) is 0 Å². The zero-order chi connectivity index (χ0) is 14.7. The molecule has 1 fully saturated rings. The third-order valence-corrected chi connectivity index (χ3v) is 3.79. The Morgan fingerprint density at radius 1 is 1.25 bits per heavy atom. The highest BCUT2D eigenvalue weighted by Crippen LogP contribution is 2.31. The molecule has 1 aromatic rings. The number of hydrogen-bond donors (Lipinski definition) is 1. The molecular weight excluding hydrogens is 261 g/mol. The molecule has 0 aliphatic heterocycles. The van der Waals surface area contributed by atoms with Crippen LogP contribution in [0.5, 0.6) is 0 Å². The van der Waals surface area contributed by atoms with Crippen LogP contribution in [0.4, 0.5) is 10.1 Å². The van der Waals surface area contributed by atoms with Gasteiger partial charge in [0.1, 0.15) is 5.82 Å². The summed E-state index contributed by atoms with van der Waals surface area (Å²) in [5, 5.41) is 13.6. The van der Waals surface area contributed by atoms with Gasteiger partial charge in [0.15, 0.2) is 0 Å². The first-order chi connectivity index (χ1) is 9.49. The summed E-state index contributed by atoms with van der Waals surface area (Å²) in [5.41, 5.74) is 0.916. The van der Waals surface area contributed by atoms with E-state index in [-0.39, 0.29) is 5.69 Å². The number of carbonyl (C=O) groups excluding carboxylic acids is 2. The third-order valence-electron chi connectivity index (χ3n) is 3.79. The van der Waals surface area contributed by atoms with E-state index in [4.69, 9.17) is 0 Å². The summed E-state index contributed by atoms with van der Waals surface area (Å²) in [7, 11) is 0. The second kappa shape index (κ2) is 6.03. The molecule has 108 valence electrons. The first-order valence-electron chi connectivity index (χ1n) is 6.77. The van der Waals surface area contributed by atoms with Crippen molar-refractivity contribution in [2.75, 3.05) is 5.32 Å². The molecule has 0 aromatic heterocycles. The van der Waals surface area contributed by atoms with Crippen molar-refractivity contribution >= 4 is 17.6 Å². The predicted molar refractivity (Wildman–Crippen MR) is 70.2 cm³/mol. The number of carboxylic acid groups (broad SMARTS) is 1. The predicted octanol–water partition coefficient (Wildman–Crippen LogP) is 1.63. The van der Waals surface area contributed by atoms with Crippen LogP contribution in [0, 0.1) is 24.6 Å². The first kappa shape index (κ1) is 14.5. The highest BCUT2D eigenvalue weighted by Gasteiger charge is 2.32. The van der Waals surface area contributed by atoms with Crippen LogP contribution >= 0.6 is 0 Å². The summed E-state index contributed by atoms with van der Waals surface area (Å²) < 4.78 is 13.6. The molecule has 0 bridgehead atoms. The number of halogens is 1. The molecule has 20 heavy (non-hydrogen) atoms. The Kier molecular flexibility index (Phi) is 4.37. The van der Waals surface area contributed by atoms with Crippen molar-refractivity contribution in [3.8, 4) is 0 Å². The van der Waals surface area contributed by atoms with E-state index in [1.807, 2.05) is 0 Å². The smallest absolute Gasteiger partial charge is 0.228 e. The Morgan fingerprint density at radius 3 is 2.55 bits per heavy atom. The number of amides is 1. The van der Waals surface area contributed by atoms with Crippen molar-refractivity contribution in [2.24, 2.45) is 11.8 Å². The van der Waals surface area contributed by atoms with Crippen molar-refractivity contribution in [1.82, 2.24) is 0 Å². The maximum atomic E-state index is 13.6. The zero-order valence-corrected chi connectivity index (χ0v) is 11.3. The Hall–Kier alpha value is -1.91. The van der Waals surface area contributed by atoms with E-state index in [1.54, 1.807) is 13.0 Å². The Labute approximate surface area is 117 Å². The van der Waals surface area contributed by atoms with Gasteiger partial charge in [-0.05, 0) is 37.5 Å². The minimum Gasteiger partial charge on any atom is -0.550 e. The van der Waals surface area contributed by atoms with Crippen molar-refractivity contribution in [1.29, 1.82) is 0 Å². The quantitative estimate of drug-likeness (QED) is 0.913. The summed E-state index contributed by atoms with van der Waals surface area (Å²) in [6.45, 7) is 1.79. The Bertz CT molecular complexity index is 530. The van der Waals surface area contributed by atoms with E-state index >= 15 is 0 Å². The number of nitrogens with one attached hydrogen (secondary N) is 1. The molecule has 2 atom stereocenters. The lowest BCUT2D eigenvalue weighted by atomic mass is 9.78. The number of aliphatic carboxylic acids is 1. The number of carbonyl (C=O) groups is 2. The first-order valence-corrected chi connectivity index (χ1v) is 6.77. The molecule has 1 saturated carbocycles. The van der Waals surface area contributed by atoms with Gasteiger partial charge in [0.2, 0.25) is 5.91 Å². The van der Waals surface area contributed by atoms with Crippen LogP contribution in [0.3, 0.4) is 0 Å². The zero-order valence-electron chi connectivity index (χ0n) is 11.3. The standard InChI is InChI=1S/C15H18FNO3/c1-9-6-7-12(16)13(8-9)17-14(18)10-4-2-3-5-11(10)15(19)20/h6-8,10-11H,2-5H2,1H3,(H,17,18)(H,19,20)/p-1/t10-,11+/m0/s1.